The molecule has 0 aliphatic carbocycles. The van der Waals surface area contributed by atoms with Gasteiger partial charge in [0.05, 0.1) is 12.7 Å². The molecule has 0 saturated heterocycles. The van der Waals surface area contributed by atoms with Crippen LogP contribution in [0.2, 0.25) is 0 Å². The van der Waals surface area contributed by atoms with Gasteiger partial charge in [-0.25, -0.2) is 0 Å². The third kappa shape index (κ3) is 4.85. The van der Waals surface area contributed by atoms with E-state index < -0.39 is 0 Å². The maximum absolute atomic E-state index is 12.5. The van der Waals surface area contributed by atoms with Crippen LogP contribution in [-0.2, 0) is 0 Å². The molecule has 3 nitrogen and oxygen atoms in total. The molecule has 1 aromatic carbocycles. The average molecular weight is 291 g/mol. The van der Waals surface area contributed by atoms with E-state index in [-0.39, 0.29) is 5.78 Å². The van der Waals surface area contributed by atoms with Crippen molar-refractivity contribution in [3.8, 4) is 5.75 Å². The Morgan fingerprint density at radius 2 is 1.95 bits per heavy atom. The van der Waals surface area contributed by atoms with Crippen LogP contribution in [0, 0.1) is 19.8 Å². The Hall–Kier alpha value is -1.35. The topological polar surface area (TPSA) is 52.3 Å². The third-order valence-corrected chi connectivity index (χ3v) is 4.23. The van der Waals surface area contributed by atoms with Crippen molar-refractivity contribution in [2.24, 2.45) is 11.7 Å². The van der Waals surface area contributed by atoms with Crippen molar-refractivity contribution in [2.45, 2.75) is 52.9 Å². The smallest absolute Gasteiger partial charge is 0.166 e. The summed E-state index contributed by atoms with van der Waals surface area (Å²) in [5, 5.41) is 0. The summed E-state index contributed by atoms with van der Waals surface area (Å²) in [6, 6.07) is 3.88. The number of hydrogen-bond donors (Lipinski definition) is 1. The lowest BCUT2D eigenvalue weighted by atomic mass is 9.91. The second kappa shape index (κ2) is 8.83. The Balaban J connectivity index is 2.78. The summed E-state index contributed by atoms with van der Waals surface area (Å²) in [5.74, 6) is 1.46. The summed E-state index contributed by atoms with van der Waals surface area (Å²) in [5.41, 5.74) is 8.57. The highest BCUT2D eigenvalue weighted by atomic mass is 16.5. The van der Waals surface area contributed by atoms with E-state index in [9.17, 15) is 4.79 Å². The summed E-state index contributed by atoms with van der Waals surface area (Å²) >= 11 is 0. The molecule has 0 bridgehead atoms. The average Bonchev–Trinajstić information content (AvgIpc) is 2.47. The number of carbonyl (C=O) groups is 1. The van der Waals surface area contributed by atoms with Crippen molar-refractivity contribution in [3.63, 3.8) is 0 Å². The van der Waals surface area contributed by atoms with E-state index in [0.717, 1.165) is 42.6 Å². The molecule has 0 aromatic heterocycles. The fraction of sp³-hybridized carbons (Fsp3) is 0.611. The Labute approximate surface area is 128 Å². The van der Waals surface area contributed by atoms with Crippen molar-refractivity contribution in [1.29, 1.82) is 0 Å². The van der Waals surface area contributed by atoms with Crippen LogP contribution in [0.5, 0.6) is 5.75 Å². The first-order valence-electron chi connectivity index (χ1n) is 7.92. The number of benzene rings is 1. The number of nitrogens with two attached hydrogens (primary N) is 1. The minimum Gasteiger partial charge on any atom is -0.496 e. The van der Waals surface area contributed by atoms with Crippen LogP contribution in [0.3, 0.4) is 0 Å². The Bertz CT molecular complexity index is 463. The fourth-order valence-electron chi connectivity index (χ4n) is 2.82. The molecule has 3 heteroatoms. The van der Waals surface area contributed by atoms with Gasteiger partial charge in [0.15, 0.2) is 5.78 Å². The van der Waals surface area contributed by atoms with E-state index in [1.165, 1.54) is 0 Å². The second-order valence-corrected chi connectivity index (χ2v) is 5.78. The molecular weight excluding hydrogens is 262 g/mol. The van der Waals surface area contributed by atoms with Gasteiger partial charge < -0.3 is 10.5 Å². The molecule has 1 aromatic rings. The normalized spacial score (nSPS) is 12.2. The van der Waals surface area contributed by atoms with Crippen molar-refractivity contribution in [2.75, 3.05) is 13.7 Å². The zero-order valence-corrected chi connectivity index (χ0v) is 13.9. The molecule has 1 unspecified atom stereocenters. The molecule has 0 spiro atoms. The van der Waals surface area contributed by atoms with Gasteiger partial charge >= 0.3 is 0 Å². The zero-order valence-electron chi connectivity index (χ0n) is 13.9. The first-order valence-corrected chi connectivity index (χ1v) is 7.92. The molecule has 2 N–H and O–H groups in total. The standard InChI is InChI=1S/C18H29NO2/c1-5-6-15(11-12-19)8-10-17(20)16-9-7-13(2)14(3)18(16)21-4/h7,9,15H,5-6,8,10-12,19H2,1-4H3. The Morgan fingerprint density at radius 3 is 2.52 bits per heavy atom. The molecule has 0 aliphatic rings. The van der Waals surface area contributed by atoms with Crippen molar-refractivity contribution in [1.82, 2.24) is 0 Å². The highest BCUT2D eigenvalue weighted by molar-refractivity contribution is 5.99. The lowest BCUT2D eigenvalue weighted by Crippen LogP contribution is -2.11. The number of methoxy groups -OCH3 is 1. The van der Waals surface area contributed by atoms with Gasteiger partial charge in [0, 0.05) is 6.42 Å². The van der Waals surface area contributed by atoms with E-state index >= 15 is 0 Å². The molecule has 0 saturated carbocycles. The fourth-order valence-corrected chi connectivity index (χ4v) is 2.82. The predicted octanol–water partition coefficient (Wildman–Crippen LogP) is 4.04. The van der Waals surface area contributed by atoms with Crippen LogP contribution in [0.1, 0.15) is 60.5 Å². The molecule has 0 heterocycles. The number of hydrogen-bond acceptors (Lipinski definition) is 3. The highest BCUT2D eigenvalue weighted by Gasteiger charge is 2.17. The van der Waals surface area contributed by atoms with Crippen molar-refractivity contribution in [3.05, 3.63) is 28.8 Å². The van der Waals surface area contributed by atoms with Gasteiger partial charge in [0.25, 0.3) is 0 Å². The molecule has 0 aliphatic heterocycles. The molecule has 0 fully saturated rings. The first-order chi connectivity index (χ1) is 10.0. The van der Waals surface area contributed by atoms with Gasteiger partial charge in [-0.1, -0.05) is 25.8 Å². The van der Waals surface area contributed by atoms with E-state index in [1.807, 2.05) is 26.0 Å². The van der Waals surface area contributed by atoms with Crippen LogP contribution in [-0.4, -0.2) is 19.4 Å². The molecule has 0 amide bonds. The van der Waals surface area contributed by atoms with E-state index in [4.69, 9.17) is 10.5 Å². The number of aryl methyl sites for hydroxylation is 1. The van der Waals surface area contributed by atoms with Crippen molar-refractivity contribution >= 4 is 5.78 Å². The second-order valence-electron chi connectivity index (χ2n) is 5.78. The molecule has 21 heavy (non-hydrogen) atoms. The molecular formula is C18H29NO2. The Morgan fingerprint density at radius 1 is 1.24 bits per heavy atom. The minimum absolute atomic E-state index is 0.174. The maximum atomic E-state index is 12.5. The van der Waals surface area contributed by atoms with Gasteiger partial charge in [-0.05, 0) is 56.3 Å². The number of rotatable bonds is 9. The number of carbonyl (C=O) groups excluding carboxylic acids is 1. The van der Waals surface area contributed by atoms with Crippen LogP contribution in [0.25, 0.3) is 0 Å². The summed E-state index contributed by atoms with van der Waals surface area (Å²) < 4.78 is 5.44. The zero-order chi connectivity index (χ0) is 15.8. The lowest BCUT2D eigenvalue weighted by molar-refractivity contribution is 0.0969. The third-order valence-electron chi connectivity index (χ3n) is 4.23. The van der Waals surface area contributed by atoms with Gasteiger partial charge in [-0.2, -0.15) is 0 Å². The maximum Gasteiger partial charge on any atom is 0.166 e. The van der Waals surface area contributed by atoms with Gasteiger partial charge in [0.1, 0.15) is 5.75 Å². The molecule has 118 valence electrons. The van der Waals surface area contributed by atoms with Crippen LogP contribution in [0.15, 0.2) is 12.1 Å². The summed E-state index contributed by atoms with van der Waals surface area (Å²) in [6.45, 7) is 6.91. The van der Waals surface area contributed by atoms with Crippen LogP contribution in [0.4, 0.5) is 0 Å². The quantitative estimate of drug-likeness (QED) is 0.699. The first kappa shape index (κ1) is 17.7. The lowest BCUT2D eigenvalue weighted by Gasteiger charge is -2.16. The van der Waals surface area contributed by atoms with E-state index in [0.29, 0.717) is 24.4 Å². The molecule has 1 rings (SSSR count). The molecule has 0 radical (unpaired) electrons. The summed E-state index contributed by atoms with van der Waals surface area (Å²) in [4.78, 5) is 12.5. The molecule has 1 atom stereocenters. The summed E-state index contributed by atoms with van der Waals surface area (Å²) in [6.07, 6.45) is 4.79. The number of Topliss-reactive ketones (excluding diaryl/α,β-unsaturated/α-hetero) is 1. The monoisotopic (exact) mass is 291 g/mol. The van der Waals surface area contributed by atoms with Gasteiger partial charge in [-0.15, -0.1) is 0 Å². The van der Waals surface area contributed by atoms with Crippen LogP contribution >= 0.6 is 0 Å². The minimum atomic E-state index is 0.174. The largest absolute Gasteiger partial charge is 0.496 e. The van der Waals surface area contributed by atoms with Crippen molar-refractivity contribution < 1.29 is 9.53 Å². The van der Waals surface area contributed by atoms with E-state index in [2.05, 4.69) is 6.92 Å². The Kier molecular flexibility index (Phi) is 7.44. The van der Waals surface area contributed by atoms with Gasteiger partial charge in [-0.3, -0.25) is 4.79 Å². The number of ketones is 1. The SMILES string of the molecule is CCCC(CCN)CCC(=O)c1ccc(C)c(C)c1OC. The summed E-state index contributed by atoms with van der Waals surface area (Å²) in [7, 11) is 1.63. The van der Waals surface area contributed by atoms with Crippen LogP contribution < -0.4 is 10.5 Å². The van der Waals surface area contributed by atoms with E-state index in [1.54, 1.807) is 7.11 Å². The van der Waals surface area contributed by atoms with Gasteiger partial charge in [0.2, 0.25) is 0 Å². The number of ether oxygens (including phenoxy) is 1. The predicted molar refractivity (Wildman–Crippen MR) is 88.1 cm³/mol. The highest BCUT2D eigenvalue weighted by Crippen LogP contribution is 2.28.